The Labute approximate surface area is 110 Å². The van der Waals surface area contributed by atoms with Gasteiger partial charge in [0.1, 0.15) is 5.82 Å². The van der Waals surface area contributed by atoms with Gasteiger partial charge >= 0.3 is 0 Å². The molecule has 3 N–H and O–H groups in total. The lowest BCUT2D eigenvalue weighted by Crippen LogP contribution is -2.36. The Morgan fingerprint density at radius 2 is 2.32 bits per heavy atom. The van der Waals surface area contributed by atoms with Crippen molar-refractivity contribution in [2.45, 2.75) is 19.0 Å². The average Bonchev–Trinajstić information content (AvgIpc) is 2.69. The first-order valence-corrected chi connectivity index (χ1v) is 6.05. The minimum Gasteiger partial charge on any atom is -0.366 e. The van der Waals surface area contributed by atoms with Crippen LogP contribution in [0.3, 0.4) is 0 Å². The predicted octanol–water partition coefficient (Wildman–Crippen LogP) is 0.245. The zero-order valence-electron chi connectivity index (χ0n) is 10.6. The molecule has 6 heteroatoms. The summed E-state index contributed by atoms with van der Waals surface area (Å²) < 4.78 is 13.6. The van der Waals surface area contributed by atoms with Crippen LogP contribution in [0.25, 0.3) is 0 Å². The number of likely N-dealkylation sites (N-methyl/N-ethyl adjacent to an activating group) is 1. The number of primary amides is 1. The molecule has 1 aromatic rings. The van der Waals surface area contributed by atoms with E-state index in [-0.39, 0.29) is 24.1 Å². The molecule has 5 nitrogen and oxygen atoms in total. The maximum Gasteiger partial charge on any atom is 0.248 e. The summed E-state index contributed by atoms with van der Waals surface area (Å²) in [4.78, 5) is 24.4. The first kappa shape index (κ1) is 13.5. The number of rotatable bonds is 4. The first-order valence-electron chi connectivity index (χ1n) is 6.05. The molecule has 1 saturated heterocycles. The molecule has 19 heavy (non-hydrogen) atoms. The standard InChI is InChI=1S/C13H16FN3O2/c1-17-5-4-11(13(17)19)16-7-9-6-8(12(15)18)2-3-10(9)14/h2-3,6,11,16H,4-5,7H2,1H3,(H2,15,18). The van der Waals surface area contributed by atoms with Crippen molar-refractivity contribution < 1.29 is 14.0 Å². The van der Waals surface area contributed by atoms with Crippen LogP contribution in [0.4, 0.5) is 4.39 Å². The zero-order chi connectivity index (χ0) is 14.0. The topological polar surface area (TPSA) is 75.4 Å². The number of nitrogens with zero attached hydrogens (tertiary/aromatic N) is 1. The second-order valence-corrected chi connectivity index (χ2v) is 4.65. The number of hydrogen-bond donors (Lipinski definition) is 2. The average molecular weight is 265 g/mol. The Morgan fingerprint density at radius 1 is 1.58 bits per heavy atom. The maximum atomic E-state index is 13.6. The van der Waals surface area contributed by atoms with Gasteiger partial charge in [0.05, 0.1) is 6.04 Å². The molecule has 1 atom stereocenters. The predicted molar refractivity (Wildman–Crippen MR) is 67.8 cm³/mol. The lowest BCUT2D eigenvalue weighted by Gasteiger charge is -2.13. The van der Waals surface area contributed by atoms with E-state index < -0.39 is 11.7 Å². The van der Waals surface area contributed by atoms with E-state index >= 15 is 0 Å². The number of amides is 2. The second-order valence-electron chi connectivity index (χ2n) is 4.65. The van der Waals surface area contributed by atoms with Gasteiger partial charge in [-0.1, -0.05) is 0 Å². The maximum absolute atomic E-state index is 13.6. The molecule has 0 radical (unpaired) electrons. The SMILES string of the molecule is CN1CCC(NCc2cc(C(N)=O)ccc2F)C1=O. The van der Waals surface area contributed by atoms with Crippen LogP contribution in [-0.4, -0.2) is 36.3 Å². The van der Waals surface area contributed by atoms with Gasteiger partial charge in [0, 0.05) is 31.3 Å². The molecular weight excluding hydrogens is 249 g/mol. The van der Waals surface area contributed by atoms with Crippen molar-refractivity contribution in [1.29, 1.82) is 0 Å². The third-order valence-corrected chi connectivity index (χ3v) is 3.30. The van der Waals surface area contributed by atoms with E-state index in [0.717, 1.165) is 0 Å². The van der Waals surface area contributed by atoms with Gasteiger partial charge in [-0.25, -0.2) is 4.39 Å². The molecule has 102 valence electrons. The normalized spacial score (nSPS) is 18.9. The van der Waals surface area contributed by atoms with E-state index in [0.29, 0.717) is 18.5 Å². The van der Waals surface area contributed by atoms with Crippen molar-refractivity contribution in [3.8, 4) is 0 Å². The van der Waals surface area contributed by atoms with Crippen LogP contribution in [0, 0.1) is 5.82 Å². The monoisotopic (exact) mass is 265 g/mol. The van der Waals surface area contributed by atoms with E-state index in [1.807, 2.05) is 0 Å². The quantitative estimate of drug-likeness (QED) is 0.819. The number of nitrogens with two attached hydrogens (primary N) is 1. The zero-order valence-corrected chi connectivity index (χ0v) is 10.6. The molecule has 0 aliphatic carbocycles. The fourth-order valence-electron chi connectivity index (χ4n) is 2.11. The Morgan fingerprint density at radius 3 is 2.89 bits per heavy atom. The van der Waals surface area contributed by atoms with Crippen molar-refractivity contribution in [1.82, 2.24) is 10.2 Å². The van der Waals surface area contributed by atoms with E-state index in [2.05, 4.69) is 5.32 Å². The third kappa shape index (κ3) is 2.90. The van der Waals surface area contributed by atoms with Crippen LogP contribution in [-0.2, 0) is 11.3 Å². The van der Waals surface area contributed by atoms with Gasteiger partial charge in [0.2, 0.25) is 11.8 Å². The summed E-state index contributed by atoms with van der Waals surface area (Å²) in [7, 11) is 1.73. The Kier molecular flexibility index (Phi) is 3.80. The van der Waals surface area contributed by atoms with Crippen molar-refractivity contribution in [2.24, 2.45) is 5.73 Å². The largest absolute Gasteiger partial charge is 0.366 e. The highest BCUT2D eigenvalue weighted by Gasteiger charge is 2.28. The number of benzene rings is 1. The molecule has 1 fully saturated rings. The van der Waals surface area contributed by atoms with Crippen LogP contribution in [0.5, 0.6) is 0 Å². The molecule has 1 heterocycles. The Balaban J connectivity index is 2.05. The lowest BCUT2D eigenvalue weighted by molar-refractivity contribution is -0.128. The van der Waals surface area contributed by atoms with Crippen LogP contribution >= 0.6 is 0 Å². The molecule has 1 aliphatic heterocycles. The van der Waals surface area contributed by atoms with Crippen LogP contribution in [0.1, 0.15) is 22.3 Å². The Hall–Kier alpha value is -1.95. The Bertz CT molecular complexity index is 519. The minimum atomic E-state index is -0.599. The van der Waals surface area contributed by atoms with Gasteiger partial charge in [-0.05, 0) is 24.6 Å². The molecular formula is C13H16FN3O2. The fourth-order valence-corrected chi connectivity index (χ4v) is 2.11. The van der Waals surface area contributed by atoms with Crippen molar-refractivity contribution >= 4 is 11.8 Å². The number of carbonyl (C=O) groups is 2. The van der Waals surface area contributed by atoms with Gasteiger partial charge in [-0.3, -0.25) is 9.59 Å². The summed E-state index contributed by atoms with van der Waals surface area (Å²) in [6.45, 7) is 0.886. The third-order valence-electron chi connectivity index (χ3n) is 3.30. The molecule has 1 aromatic carbocycles. The van der Waals surface area contributed by atoms with Gasteiger partial charge in [-0.2, -0.15) is 0 Å². The summed E-state index contributed by atoms with van der Waals surface area (Å²) in [6.07, 6.45) is 0.701. The summed E-state index contributed by atoms with van der Waals surface area (Å²) >= 11 is 0. The summed E-state index contributed by atoms with van der Waals surface area (Å²) in [5.41, 5.74) is 5.74. The highest BCUT2D eigenvalue weighted by atomic mass is 19.1. The smallest absolute Gasteiger partial charge is 0.248 e. The fraction of sp³-hybridized carbons (Fsp3) is 0.385. The second kappa shape index (κ2) is 5.36. The molecule has 2 rings (SSSR count). The van der Waals surface area contributed by atoms with Gasteiger partial charge < -0.3 is 16.0 Å². The summed E-state index contributed by atoms with van der Waals surface area (Å²) in [6, 6.07) is 3.67. The highest BCUT2D eigenvalue weighted by Crippen LogP contribution is 2.13. The van der Waals surface area contributed by atoms with E-state index in [4.69, 9.17) is 5.73 Å². The van der Waals surface area contributed by atoms with E-state index in [1.54, 1.807) is 11.9 Å². The lowest BCUT2D eigenvalue weighted by atomic mass is 10.1. The molecule has 2 amide bonds. The van der Waals surface area contributed by atoms with Gasteiger partial charge in [0.15, 0.2) is 0 Å². The van der Waals surface area contributed by atoms with E-state index in [9.17, 15) is 14.0 Å². The van der Waals surface area contributed by atoms with Crippen LogP contribution in [0.2, 0.25) is 0 Å². The van der Waals surface area contributed by atoms with Crippen molar-refractivity contribution in [3.05, 3.63) is 35.1 Å². The van der Waals surface area contributed by atoms with Crippen molar-refractivity contribution in [2.75, 3.05) is 13.6 Å². The molecule has 1 unspecified atom stereocenters. The highest BCUT2D eigenvalue weighted by molar-refractivity contribution is 5.92. The number of halogens is 1. The van der Waals surface area contributed by atoms with E-state index in [1.165, 1.54) is 18.2 Å². The van der Waals surface area contributed by atoms with Crippen molar-refractivity contribution in [3.63, 3.8) is 0 Å². The molecule has 1 aliphatic rings. The molecule has 0 saturated carbocycles. The molecule has 0 spiro atoms. The molecule has 0 aromatic heterocycles. The van der Waals surface area contributed by atoms with Crippen LogP contribution in [0.15, 0.2) is 18.2 Å². The number of hydrogen-bond acceptors (Lipinski definition) is 3. The van der Waals surface area contributed by atoms with Gasteiger partial charge in [-0.15, -0.1) is 0 Å². The van der Waals surface area contributed by atoms with Crippen LogP contribution < -0.4 is 11.1 Å². The first-order chi connectivity index (χ1) is 8.99. The molecule has 0 bridgehead atoms. The van der Waals surface area contributed by atoms with Gasteiger partial charge in [0.25, 0.3) is 0 Å². The number of carbonyl (C=O) groups excluding carboxylic acids is 2. The number of nitrogens with one attached hydrogen (secondary N) is 1. The minimum absolute atomic E-state index is 0.00599. The summed E-state index contributed by atoms with van der Waals surface area (Å²) in [5.74, 6) is -1.01. The number of likely N-dealkylation sites (tertiary alicyclic amines) is 1. The summed E-state index contributed by atoms with van der Waals surface area (Å²) in [5, 5.41) is 3.00.